The minimum Gasteiger partial charge on any atom is -0.343 e. The normalized spacial score (nSPS) is 12.1. The van der Waals surface area contributed by atoms with Crippen molar-refractivity contribution in [2.45, 2.75) is 13.0 Å². The van der Waals surface area contributed by atoms with E-state index in [1.54, 1.807) is 0 Å². The molecule has 1 amide bonds. The number of benzene rings is 2. The molecule has 2 aromatic rings. The first-order valence-electron chi connectivity index (χ1n) is 5.94. The fourth-order valence-electron chi connectivity index (χ4n) is 2.05. The number of nitrogens with one attached hydrogen (secondary N) is 1. The van der Waals surface area contributed by atoms with E-state index in [1.165, 1.54) is 6.92 Å². The lowest BCUT2D eigenvalue weighted by molar-refractivity contribution is -0.484. The lowest BCUT2D eigenvalue weighted by Crippen LogP contribution is -2.31. The summed E-state index contributed by atoms with van der Waals surface area (Å²) in [4.78, 5) is 21.4. The van der Waals surface area contributed by atoms with E-state index in [2.05, 4.69) is 5.32 Å². The molecule has 1 atom stereocenters. The zero-order chi connectivity index (χ0) is 13.8. The van der Waals surface area contributed by atoms with Crippen LogP contribution in [-0.4, -0.2) is 17.4 Å². The Balaban J connectivity index is 2.37. The van der Waals surface area contributed by atoms with Crippen LogP contribution in [-0.2, 0) is 4.79 Å². The van der Waals surface area contributed by atoms with Crippen molar-refractivity contribution in [1.29, 1.82) is 0 Å². The van der Waals surface area contributed by atoms with Gasteiger partial charge in [0.25, 0.3) is 0 Å². The molecule has 0 aromatic heterocycles. The summed E-state index contributed by atoms with van der Waals surface area (Å²) in [5.74, 6) is -0.278. The van der Waals surface area contributed by atoms with Crippen molar-refractivity contribution in [2.75, 3.05) is 6.54 Å². The van der Waals surface area contributed by atoms with E-state index in [0.29, 0.717) is 0 Å². The Morgan fingerprint density at radius 3 is 2.58 bits per heavy atom. The Labute approximate surface area is 110 Å². The fourth-order valence-corrected chi connectivity index (χ4v) is 2.05. The molecule has 0 saturated carbocycles. The van der Waals surface area contributed by atoms with Crippen molar-refractivity contribution in [3.05, 3.63) is 58.1 Å². The van der Waals surface area contributed by atoms with E-state index >= 15 is 0 Å². The molecule has 0 heterocycles. The molecule has 0 bridgehead atoms. The van der Waals surface area contributed by atoms with Crippen LogP contribution in [0, 0.1) is 10.1 Å². The summed E-state index contributed by atoms with van der Waals surface area (Å²) in [6.07, 6.45) is 0. The molecule has 5 heteroatoms. The highest BCUT2D eigenvalue weighted by Crippen LogP contribution is 2.20. The van der Waals surface area contributed by atoms with E-state index in [1.807, 2.05) is 42.5 Å². The first-order valence-corrected chi connectivity index (χ1v) is 5.94. The third kappa shape index (κ3) is 3.28. The molecule has 0 unspecified atom stereocenters. The molecule has 0 fully saturated rings. The van der Waals surface area contributed by atoms with Crippen LogP contribution >= 0.6 is 0 Å². The molecule has 0 aliphatic heterocycles. The van der Waals surface area contributed by atoms with Crippen LogP contribution < -0.4 is 5.32 Å². The summed E-state index contributed by atoms with van der Waals surface area (Å²) in [5.41, 5.74) is 0.741. The van der Waals surface area contributed by atoms with E-state index in [9.17, 15) is 14.9 Å². The molecule has 0 aliphatic carbocycles. The van der Waals surface area contributed by atoms with Gasteiger partial charge in [0.1, 0.15) is 6.04 Å². The standard InChI is InChI=1S/C14H14N2O3/c1-10(17)15-14(9-16(18)19)13-7-6-11-4-2-3-5-12(11)8-13/h2-8,14H,9H2,1H3,(H,15,17)/t14-/m1/s1. The highest BCUT2D eigenvalue weighted by Gasteiger charge is 2.18. The number of carbonyl (C=O) groups is 1. The van der Waals surface area contributed by atoms with Gasteiger partial charge in [0, 0.05) is 11.8 Å². The summed E-state index contributed by atoms with van der Waals surface area (Å²) in [6.45, 7) is 1.03. The molecular weight excluding hydrogens is 244 g/mol. The Morgan fingerprint density at radius 1 is 1.26 bits per heavy atom. The highest BCUT2D eigenvalue weighted by atomic mass is 16.6. The van der Waals surface area contributed by atoms with Crippen molar-refractivity contribution >= 4 is 16.7 Å². The maximum absolute atomic E-state index is 11.1. The molecule has 5 nitrogen and oxygen atoms in total. The van der Waals surface area contributed by atoms with Crippen LogP contribution in [0.3, 0.4) is 0 Å². The van der Waals surface area contributed by atoms with Crippen LogP contribution in [0.5, 0.6) is 0 Å². The van der Waals surface area contributed by atoms with Gasteiger partial charge in [0.05, 0.1) is 0 Å². The molecular formula is C14H14N2O3. The monoisotopic (exact) mass is 258 g/mol. The summed E-state index contributed by atoms with van der Waals surface area (Å²) >= 11 is 0. The average Bonchev–Trinajstić information content (AvgIpc) is 2.36. The predicted octanol–water partition coefficient (Wildman–Crippen LogP) is 2.29. The predicted molar refractivity (Wildman–Crippen MR) is 72.4 cm³/mol. The summed E-state index contributed by atoms with van der Waals surface area (Å²) < 4.78 is 0. The van der Waals surface area contributed by atoms with Crippen molar-refractivity contribution in [1.82, 2.24) is 5.32 Å². The van der Waals surface area contributed by atoms with Gasteiger partial charge >= 0.3 is 0 Å². The van der Waals surface area contributed by atoms with Gasteiger partial charge in [-0.1, -0.05) is 36.4 Å². The number of nitro groups is 1. The van der Waals surface area contributed by atoms with Gasteiger partial charge in [0.15, 0.2) is 0 Å². The molecule has 2 rings (SSSR count). The Morgan fingerprint density at radius 2 is 1.95 bits per heavy atom. The first-order chi connectivity index (χ1) is 9.06. The van der Waals surface area contributed by atoms with E-state index in [4.69, 9.17) is 0 Å². The minimum absolute atomic E-state index is 0.278. The lowest BCUT2D eigenvalue weighted by atomic mass is 10.0. The zero-order valence-corrected chi connectivity index (χ0v) is 10.5. The SMILES string of the molecule is CC(=O)N[C@H](C[N+](=O)[O-])c1ccc2ccccc2c1. The second kappa shape index (κ2) is 5.48. The third-order valence-electron chi connectivity index (χ3n) is 2.89. The smallest absolute Gasteiger partial charge is 0.227 e. The average molecular weight is 258 g/mol. The van der Waals surface area contributed by atoms with Gasteiger partial charge in [-0.25, -0.2) is 0 Å². The number of amides is 1. The van der Waals surface area contributed by atoms with Crippen LogP contribution in [0.4, 0.5) is 0 Å². The number of hydrogen-bond donors (Lipinski definition) is 1. The van der Waals surface area contributed by atoms with Crippen molar-refractivity contribution in [3.63, 3.8) is 0 Å². The molecule has 0 saturated heterocycles. The van der Waals surface area contributed by atoms with Crippen molar-refractivity contribution in [3.8, 4) is 0 Å². The van der Waals surface area contributed by atoms with E-state index in [-0.39, 0.29) is 12.5 Å². The van der Waals surface area contributed by atoms with Gasteiger partial charge < -0.3 is 5.32 Å². The number of carbonyl (C=O) groups excluding carboxylic acids is 1. The van der Waals surface area contributed by atoms with E-state index < -0.39 is 11.0 Å². The largest absolute Gasteiger partial charge is 0.343 e. The van der Waals surface area contributed by atoms with Gasteiger partial charge in [0.2, 0.25) is 12.5 Å². The number of hydrogen-bond acceptors (Lipinski definition) is 3. The Bertz CT molecular complexity index is 609. The van der Waals surface area contributed by atoms with Crippen LogP contribution in [0.15, 0.2) is 42.5 Å². The number of rotatable bonds is 4. The third-order valence-corrected chi connectivity index (χ3v) is 2.89. The molecule has 0 radical (unpaired) electrons. The second-order valence-corrected chi connectivity index (χ2v) is 4.38. The Kier molecular flexibility index (Phi) is 3.75. The maximum Gasteiger partial charge on any atom is 0.227 e. The fraction of sp³-hybridized carbons (Fsp3) is 0.214. The van der Waals surface area contributed by atoms with Crippen LogP contribution in [0.1, 0.15) is 18.5 Å². The maximum atomic E-state index is 11.1. The number of nitrogens with zero attached hydrogens (tertiary/aromatic N) is 1. The zero-order valence-electron chi connectivity index (χ0n) is 10.5. The van der Waals surface area contributed by atoms with Crippen LogP contribution in [0.25, 0.3) is 10.8 Å². The summed E-state index contributed by atoms with van der Waals surface area (Å²) in [5, 5.41) is 15.4. The van der Waals surface area contributed by atoms with E-state index in [0.717, 1.165) is 16.3 Å². The summed E-state index contributed by atoms with van der Waals surface area (Å²) in [6, 6.07) is 12.7. The highest BCUT2D eigenvalue weighted by molar-refractivity contribution is 5.83. The molecule has 0 spiro atoms. The van der Waals surface area contributed by atoms with Crippen molar-refractivity contribution in [2.24, 2.45) is 0 Å². The second-order valence-electron chi connectivity index (χ2n) is 4.38. The molecule has 1 N–H and O–H groups in total. The molecule has 0 aliphatic rings. The number of fused-ring (bicyclic) bond motifs is 1. The summed E-state index contributed by atoms with van der Waals surface area (Å²) in [7, 11) is 0. The van der Waals surface area contributed by atoms with Gasteiger partial charge in [-0.2, -0.15) is 0 Å². The molecule has 2 aromatic carbocycles. The van der Waals surface area contributed by atoms with Gasteiger partial charge in [-0.3, -0.25) is 14.9 Å². The van der Waals surface area contributed by atoms with Gasteiger partial charge in [-0.15, -0.1) is 0 Å². The lowest BCUT2D eigenvalue weighted by Gasteiger charge is -2.14. The Hall–Kier alpha value is -2.43. The van der Waals surface area contributed by atoms with Gasteiger partial charge in [-0.05, 0) is 22.4 Å². The topological polar surface area (TPSA) is 72.2 Å². The molecule has 19 heavy (non-hydrogen) atoms. The first kappa shape index (κ1) is 13.0. The molecule has 98 valence electrons. The quantitative estimate of drug-likeness (QED) is 0.675. The van der Waals surface area contributed by atoms with Crippen LogP contribution in [0.2, 0.25) is 0 Å². The minimum atomic E-state index is -0.600. The van der Waals surface area contributed by atoms with Crippen molar-refractivity contribution < 1.29 is 9.72 Å².